The standard InChI is InChI=1S/C21H32N2O2/c1-2-9-23-12-15-25-21-8-7-18(17-22-10-13-24-14-11-22)16-19(21)4-3-6-20(23)5-1/h7-8,16,20H,1-6,9-15,17H2. The van der Waals surface area contributed by atoms with Gasteiger partial charge in [0.15, 0.2) is 0 Å². The van der Waals surface area contributed by atoms with Crippen LogP contribution >= 0.6 is 0 Å². The summed E-state index contributed by atoms with van der Waals surface area (Å²) in [4.78, 5) is 5.16. The molecule has 0 spiro atoms. The van der Waals surface area contributed by atoms with Crippen LogP contribution < -0.4 is 4.74 Å². The molecule has 25 heavy (non-hydrogen) atoms. The zero-order valence-electron chi connectivity index (χ0n) is 15.4. The van der Waals surface area contributed by atoms with E-state index in [2.05, 4.69) is 28.0 Å². The van der Waals surface area contributed by atoms with Gasteiger partial charge in [-0.25, -0.2) is 0 Å². The molecule has 0 amide bonds. The zero-order valence-corrected chi connectivity index (χ0v) is 15.4. The number of rotatable bonds is 2. The summed E-state index contributed by atoms with van der Waals surface area (Å²) >= 11 is 0. The van der Waals surface area contributed by atoms with Gasteiger partial charge in [0.2, 0.25) is 0 Å². The second kappa shape index (κ2) is 8.52. The molecule has 2 fully saturated rings. The van der Waals surface area contributed by atoms with E-state index in [0.717, 1.165) is 64.2 Å². The second-order valence-electron chi connectivity index (χ2n) is 7.76. The van der Waals surface area contributed by atoms with Crippen molar-refractivity contribution < 1.29 is 9.47 Å². The van der Waals surface area contributed by atoms with Crippen LogP contribution in [0.3, 0.4) is 0 Å². The molecule has 1 atom stereocenters. The summed E-state index contributed by atoms with van der Waals surface area (Å²) < 4.78 is 11.6. The van der Waals surface area contributed by atoms with Crippen LogP contribution in [0, 0.1) is 0 Å². The quantitative estimate of drug-likeness (QED) is 0.823. The Morgan fingerprint density at radius 2 is 1.80 bits per heavy atom. The Bertz CT molecular complexity index is 557. The molecule has 1 aromatic carbocycles. The highest BCUT2D eigenvalue weighted by molar-refractivity contribution is 5.37. The Morgan fingerprint density at radius 3 is 2.72 bits per heavy atom. The smallest absolute Gasteiger partial charge is 0.122 e. The van der Waals surface area contributed by atoms with Gasteiger partial charge in [-0.3, -0.25) is 9.80 Å². The Labute approximate surface area is 152 Å². The summed E-state index contributed by atoms with van der Waals surface area (Å²) in [5.41, 5.74) is 2.83. The first-order chi connectivity index (χ1) is 12.4. The molecule has 138 valence electrons. The minimum Gasteiger partial charge on any atom is -0.492 e. The van der Waals surface area contributed by atoms with E-state index in [1.807, 2.05) is 0 Å². The fourth-order valence-corrected chi connectivity index (χ4v) is 4.57. The van der Waals surface area contributed by atoms with E-state index in [-0.39, 0.29) is 0 Å². The maximum atomic E-state index is 6.18. The largest absolute Gasteiger partial charge is 0.492 e. The maximum absolute atomic E-state index is 6.18. The second-order valence-corrected chi connectivity index (χ2v) is 7.76. The lowest BCUT2D eigenvalue weighted by atomic mass is 9.95. The van der Waals surface area contributed by atoms with Gasteiger partial charge < -0.3 is 9.47 Å². The first-order valence-corrected chi connectivity index (χ1v) is 10.2. The highest BCUT2D eigenvalue weighted by Crippen LogP contribution is 2.27. The molecule has 3 aliphatic rings. The van der Waals surface area contributed by atoms with E-state index in [0.29, 0.717) is 0 Å². The number of nitrogens with zero attached hydrogens (tertiary/aromatic N) is 2. The number of hydrogen-bond acceptors (Lipinski definition) is 4. The van der Waals surface area contributed by atoms with Gasteiger partial charge in [0, 0.05) is 32.2 Å². The molecular weight excluding hydrogens is 312 g/mol. The van der Waals surface area contributed by atoms with Crippen LogP contribution in [-0.4, -0.2) is 61.8 Å². The number of hydrogen-bond donors (Lipinski definition) is 0. The van der Waals surface area contributed by atoms with Crippen molar-refractivity contribution in [1.29, 1.82) is 0 Å². The van der Waals surface area contributed by atoms with E-state index in [1.54, 1.807) is 0 Å². The fraction of sp³-hybridized carbons (Fsp3) is 0.714. The Balaban J connectivity index is 1.43. The van der Waals surface area contributed by atoms with Gasteiger partial charge in [0.25, 0.3) is 0 Å². The van der Waals surface area contributed by atoms with Crippen LogP contribution in [0.1, 0.15) is 43.2 Å². The molecule has 4 rings (SSSR count). The van der Waals surface area contributed by atoms with Gasteiger partial charge in [0.05, 0.1) is 13.2 Å². The van der Waals surface area contributed by atoms with Gasteiger partial charge in [-0.15, -0.1) is 0 Å². The molecule has 2 saturated heterocycles. The van der Waals surface area contributed by atoms with Crippen LogP contribution in [0.25, 0.3) is 0 Å². The van der Waals surface area contributed by atoms with Crippen LogP contribution in [-0.2, 0) is 17.7 Å². The van der Waals surface area contributed by atoms with Crippen molar-refractivity contribution in [2.75, 3.05) is 46.0 Å². The highest BCUT2D eigenvalue weighted by Gasteiger charge is 2.23. The normalized spacial score (nSPS) is 26.3. The average molecular weight is 344 g/mol. The van der Waals surface area contributed by atoms with E-state index < -0.39 is 0 Å². The lowest BCUT2D eigenvalue weighted by Gasteiger charge is -2.36. The fourth-order valence-electron chi connectivity index (χ4n) is 4.57. The van der Waals surface area contributed by atoms with Crippen molar-refractivity contribution in [3.8, 4) is 5.75 Å². The highest BCUT2D eigenvalue weighted by atomic mass is 16.5. The number of ether oxygens (including phenoxy) is 2. The van der Waals surface area contributed by atoms with Gasteiger partial charge in [0.1, 0.15) is 12.4 Å². The van der Waals surface area contributed by atoms with Crippen molar-refractivity contribution in [2.24, 2.45) is 0 Å². The minimum atomic E-state index is 0.787. The third kappa shape index (κ3) is 4.55. The maximum Gasteiger partial charge on any atom is 0.122 e. The van der Waals surface area contributed by atoms with E-state index in [1.165, 1.54) is 49.8 Å². The topological polar surface area (TPSA) is 24.9 Å². The van der Waals surface area contributed by atoms with Crippen molar-refractivity contribution in [1.82, 2.24) is 9.80 Å². The van der Waals surface area contributed by atoms with Crippen molar-refractivity contribution in [3.05, 3.63) is 29.3 Å². The summed E-state index contributed by atoms with van der Waals surface area (Å²) in [5, 5.41) is 0. The molecule has 0 aliphatic carbocycles. The molecule has 0 N–H and O–H groups in total. The number of morpholine rings is 1. The Morgan fingerprint density at radius 1 is 0.920 bits per heavy atom. The van der Waals surface area contributed by atoms with Crippen molar-refractivity contribution in [2.45, 2.75) is 51.1 Å². The molecule has 3 heterocycles. The SMILES string of the molecule is c1cc2c(cc1CN1CCOCC1)CCCC1CCCCN1CCO2. The summed E-state index contributed by atoms with van der Waals surface area (Å²) in [6.07, 6.45) is 7.91. The minimum absolute atomic E-state index is 0.787. The molecule has 1 aromatic rings. The molecule has 0 bridgehead atoms. The molecule has 0 aromatic heterocycles. The first kappa shape index (κ1) is 17.3. The number of fused-ring (bicyclic) bond motifs is 2. The van der Waals surface area contributed by atoms with Crippen molar-refractivity contribution >= 4 is 0 Å². The van der Waals surface area contributed by atoms with Gasteiger partial charge in [-0.05, 0) is 55.8 Å². The lowest BCUT2D eigenvalue weighted by Crippen LogP contribution is -2.42. The summed E-state index contributed by atoms with van der Waals surface area (Å²) in [7, 11) is 0. The third-order valence-corrected chi connectivity index (χ3v) is 6.00. The Kier molecular flexibility index (Phi) is 5.90. The summed E-state index contributed by atoms with van der Waals surface area (Å²) in [5.74, 6) is 1.11. The van der Waals surface area contributed by atoms with Gasteiger partial charge in [-0.1, -0.05) is 18.6 Å². The van der Waals surface area contributed by atoms with Crippen LogP contribution in [0.15, 0.2) is 18.2 Å². The molecular formula is C21H32N2O2. The van der Waals surface area contributed by atoms with Crippen LogP contribution in [0.2, 0.25) is 0 Å². The zero-order chi connectivity index (χ0) is 16.9. The molecule has 0 radical (unpaired) electrons. The van der Waals surface area contributed by atoms with Gasteiger partial charge >= 0.3 is 0 Å². The van der Waals surface area contributed by atoms with Crippen molar-refractivity contribution in [3.63, 3.8) is 0 Å². The first-order valence-electron chi connectivity index (χ1n) is 10.2. The molecule has 3 aliphatic heterocycles. The molecule has 4 nitrogen and oxygen atoms in total. The van der Waals surface area contributed by atoms with E-state index in [4.69, 9.17) is 9.47 Å². The number of benzene rings is 1. The number of aryl methyl sites for hydroxylation is 1. The molecule has 4 heteroatoms. The van der Waals surface area contributed by atoms with E-state index >= 15 is 0 Å². The third-order valence-electron chi connectivity index (χ3n) is 6.00. The average Bonchev–Trinajstić information content (AvgIpc) is 2.65. The summed E-state index contributed by atoms with van der Waals surface area (Å²) in [6, 6.07) is 7.64. The lowest BCUT2D eigenvalue weighted by molar-refractivity contribution is 0.0341. The summed E-state index contributed by atoms with van der Waals surface area (Å²) in [6.45, 7) is 8.03. The van der Waals surface area contributed by atoms with Crippen LogP contribution in [0.4, 0.5) is 0 Å². The predicted octanol–water partition coefficient (Wildman–Crippen LogP) is 3.09. The molecule has 0 saturated carbocycles. The van der Waals surface area contributed by atoms with Gasteiger partial charge in [-0.2, -0.15) is 0 Å². The van der Waals surface area contributed by atoms with E-state index in [9.17, 15) is 0 Å². The monoisotopic (exact) mass is 344 g/mol. The molecule has 1 unspecified atom stereocenters. The van der Waals surface area contributed by atoms with Crippen LogP contribution in [0.5, 0.6) is 5.75 Å². The number of piperidine rings is 1. The predicted molar refractivity (Wildman–Crippen MR) is 100 cm³/mol. The Hall–Kier alpha value is -1.10.